The number of hydrogen-bond donors (Lipinski definition) is 3. The van der Waals surface area contributed by atoms with Crippen molar-refractivity contribution >= 4 is 21.4 Å². The van der Waals surface area contributed by atoms with E-state index in [4.69, 9.17) is 5.84 Å². The lowest BCUT2D eigenvalue weighted by molar-refractivity contribution is 0.0938. The van der Waals surface area contributed by atoms with Gasteiger partial charge in [-0.1, -0.05) is 0 Å². The Bertz CT molecular complexity index is 613. The molecule has 1 aromatic carbocycles. The standard InChI is InChI=1S/C13H19N3O3S/c1-9-7-10(4-5-12(9)16-14)13(17)15-11-3-2-6-20(18,19)8-11/h4-5,7,11,16H,2-3,6,8,14H2,1H3,(H,15,17). The fraction of sp³-hybridized carbons (Fsp3) is 0.462. The Labute approximate surface area is 118 Å². The van der Waals surface area contributed by atoms with Crippen LogP contribution in [-0.4, -0.2) is 31.9 Å². The quantitative estimate of drug-likeness (QED) is 0.560. The predicted octanol–water partition coefficient (Wildman–Crippen LogP) is 0.588. The molecule has 0 bridgehead atoms. The molecule has 0 aliphatic carbocycles. The summed E-state index contributed by atoms with van der Waals surface area (Å²) >= 11 is 0. The number of amides is 1. The molecule has 2 rings (SSSR count). The maximum Gasteiger partial charge on any atom is 0.251 e. The van der Waals surface area contributed by atoms with Gasteiger partial charge in [0.15, 0.2) is 9.84 Å². The normalized spacial score (nSPS) is 21.2. The Balaban J connectivity index is 2.06. The Morgan fingerprint density at radius 1 is 1.40 bits per heavy atom. The molecule has 0 saturated carbocycles. The number of anilines is 1. The minimum absolute atomic E-state index is 0.0279. The van der Waals surface area contributed by atoms with Crippen molar-refractivity contribution in [2.24, 2.45) is 5.84 Å². The monoisotopic (exact) mass is 297 g/mol. The van der Waals surface area contributed by atoms with Crippen LogP contribution in [0.4, 0.5) is 5.69 Å². The topological polar surface area (TPSA) is 101 Å². The van der Waals surface area contributed by atoms with E-state index in [-0.39, 0.29) is 23.5 Å². The van der Waals surface area contributed by atoms with Crippen LogP contribution in [0.25, 0.3) is 0 Å². The fourth-order valence-corrected chi connectivity index (χ4v) is 4.01. The molecule has 4 N–H and O–H groups in total. The highest BCUT2D eigenvalue weighted by Gasteiger charge is 2.26. The average molecular weight is 297 g/mol. The van der Waals surface area contributed by atoms with Gasteiger partial charge in [0.2, 0.25) is 0 Å². The van der Waals surface area contributed by atoms with Gasteiger partial charge in [-0.3, -0.25) is 10.6 Å². The number of carbonyl (C=O) groups is 1. The largest absolute Gasteiger partial charge is 0.348 e. The van der Waals surface area contributed by atoms with E-state index in [1.807, 2.05) is 6.92 Å². The van der Waals surface area contributed by atoms with Crippen molar-refractivity contribution in [2.45, 2.75) is 25.8 Å². The molecule has 0 radical (unpaired) electrons. The molecule has 1 saturated heterocycles. The summed E-state index contributed by atoms with van der Waals surface area (Å²) in [6, 6.07) is 4.81. The van der Waals surface area contributed by atoms with Crippen LogP contribution in [0.3, 0.4) is 0 Å². The van der Waals surface area contributed by atoms with Crippen molar-refractivity contribution in [3.05, 3.63) is 29.3 Å². The molecule has 0 aromatic heterocycles. The number of nitrogens with one attached hydrogen (secondary N) is 2. The number of benzene rings is 1. The lowest BCUT2D eigenvalue weighted by atomic mass is 10.1. The molecule has 1 aliphatic rings. The van der Waals surface area contributed by atoms with Crippen molar-refractivity contribution < 1.29 is 13.2 Å². The van der Waals surface area contributed by atoms with Gasteiger partial charge in [0.1, 0.15) is 0 Å². The molecule has 1 unspecified atom stereocenters. The highest BCUT2D eigenvalue weighted by Crippen LogP contribution is 2.16. The van der Waals surface area contributed by atoms with Gasteiger partial charge in [-0.15, -0.1) is 0 Å². The molecule has 1 amide bonds. The van der Waals surface area contributed by atoms with Crippen molar-refractivity contribution in [3.8, 4) is 0 Å². The van der Waals surface area contributed by atoms with E-state index in [1.165, 1.54) is 0 Å². The number of nitrogen functional groups attached to an aromatic ring is 1. The number of aryl methyl sites for hydroxylation is 1. The number of rotatable bonds is 3. The van der Waals surface area contributed by atoms with E-state index in [9.17, 15) is 13.2 Å². The predicted molar refractivity (Wildman–Crippen MR) is 78.1 cm³/mol. The molecule has 1 aromatic rings. The summed E-state index contributed by atoms with van der Waals surface area (Å²) in [4.78, 5) is 12.1. The third-order valence-electron chi connectivity index (χ3n) is 3.44. The first-order valence-electron chi connectivity index (χ1n) is 6.50. The lowest BCUT2D eigenvalue weighted by Gasteiger charge is -2.23. The second-order valence-electron chi connectivity index (χ2n) is 5.10. The maximum atomic E-state index is 12.1. The van der Waals surface area contributed by atoms with Crippen LogP contribution in [0, 0.1) is 6.92 Å². The highest BCUT2D eigenvalue weighted by atomic mass is 32.2. The zero-order valence-corrected chi connectivity index (χ0v) is 12.2. The van der Waals surface area contributed by atoms with Gasteiger partial charge in [-0.25, -0.2) is 8.42 Å². The Kier molecular flexibility index (Phi) is 4.29. The third-order valence-corrected chi connectivity index (χ3v) is 5.26. The SMILES string of the molecule is Cc1cc(C(=O)NC2CCCS(=O)(=O)C2)ccc1NN. The van der Waals surface area contributed by atoms with Crippen LogP contribution < -0.4 is 16.6 Å². The van der Waals surface area contributed by atoms with E-state index in [0.29, 0.717) is 18.4 Å². The van der Waals surface area contributed by atoms with E-state index in [0.717, 1.165) is 11.3 Å². The summed E-state index contributed by atoms with van der Waals surface area (Å²) in [6.45, 7) is 1.84. The zero-order valence-electron chi connectivity index (χ0n) is 11.3. The molecule has 1 fully saturated rings. The van der Waals surface area contributed by atoms with Crippen molar-refractivity contribution in [1.29, 1.82) is 0 Å². The van der Waals surface area contributed by atoms with Gasteiger partial charge in [0.25, 0.3) is 5.91 Å². The van der Waals surface area contributed by atoms with Crippen LogP contribution in [0.5, 0.6) is 0 Å². The molecule has 6 nitrogen and oxygen atoms in total. The number of sulfone groups is 1. The summed E-state index contributed by atoms with van der Waals surface area (Å²) in [6.07, 6.45) is 1.30. The number of hydrazine groups is 1. The molecule has 1 heterocycles. The molecule has 1 atom stereocenters. The zero-order chi connectivity index (χ0) is 14.8. The van der Waals surface area contributed by atoms with Gasteiger partial charge in [-0.05, 0) is 43.5 Å². The number of hydrogen-bond acceptors (Lipinski definition) is 5. The third kappa shape index (κ3) is 3.49. The molecule has 20 heavy (non-hydrogen) atoms. The lowest BCUT2D eigenvalue weighted by Crippen LogP contribution is -2.43. The average Bonchev–Trinajstić information content (AvgIpc) is 2.37. The van der Waals surface area contributed by atoms with E-state index >= 15 is 0 Å². The highest BCUT2D eigenvalue weighted by molar-refractivity contribution is 7.91. The Hall–Kier alpha value is -1.60. The second kappa shape index (κ2) is 5.80. The van der Waals surface area contributed by atoms with E-state index in [2.05, 4.69) is 10.7 Å². The minimum Gasteiger partial charge on any atom is -0.348 e. The fourth-order valence-electron chi connectivity index (χ4n) is 2.37. The van der Waals surface area contributed by atoms with E-state index in [1.54, 1.807) is 18.2 Å². The Morgan fingerprint density at radius 3 is 2.75 bits per heavy atom. The van der Waals surface area contributed by atoms with Gasteiger partial charge in [0.05, 0.1) is 17.2 Å². The number of carbonyl (C=O) groups excluding carboxylic acids is 1. The van der Waals surface area contributed by atoms with E-state index < -0.39 is 9.84 Å². The van der Waals surface area contributed by atoms with Crippen LogP contribution >= 0.6 is 0 Å². The van der Waals surface area contributed by atoms with Crippen molar-refractivity contribution in [1.82, 2.24) is 5.32 Å². The Morgan fingerprint density at radius 2 is 2.15 bits per heavy atom. The molecule has 1 aliphatic heterocycles. The van der Waals surface area contributed by atoms with Crippen LogP contribution in [0.2, 0.25) is 0 Å². The smallest absolute Gasteiger partial charge is 0.251 e. The summed E-state index contributed by atoms with van der Waals surface area (Å²) in [5.41, 5.74) is 4.66. The molecular weight excluding hydrogens is 278 g/mol. The van der Waals surface area contributed by atoms with Gasteiger partial charge < -0.3 is 10.7 Å². The molecule has 7 heteroatoms. The minimum atomic E-state index is -3.02. The molecular formula is C13H19N3O3S. The first-order chi connectivity index (χ1) is 9.41. The van der Waals surface area contributed by atoms with Crippen LogP contribution in [0.1, 0.15) is 28.8 Å². The van der Waals surface area contributed by atoms with Gasteiger partial charge in [0, 0.05) is 11.6 Å². The summed E-state index contributed by atoms with van der Waals surface area (Å²) in [5.74, 6) is 5.33. The summed E-state index contributed by atoms with van der Waals surface area (Å²) < 4.78 is 23.1. The maximum absolute atomic E-state index is 12.1. The molecule has 110 valence electrons. The van der Waals surface area contributed by atoms with Crippen molar-refractivity contribution in [2.75, 3.05) is 16.9 Å². The van der Waals surface area contributed by atoms with Crippen molar-refractivity contribution in [3.63, 3.8) is 0 Å². The number of nitrogens with two attached hydrogens (primary N) is 1. The van der Waals surface area contributed by atoms with Crippen LogP contribution in [0.15, 0.2) is 18.2 Å². The summed E-state index contributed by atoms with van der Waals surface area (Å²) in [5, 5.41) is 2.79. The first-order valence-corrected chi connectivity index (χ1v) is 8.32. The first kappa shape index (κ1) is 14.8. The summed E-state index contributed by atoms with van der Waals surface area (Å²) in [7, 11) is -3.02. The van der Waals surface area contributed by atoms with Gasteiger partial charge >= 0.3 is 0 Å². The van der Waals surface area contributed by atoms with Gasteiger partial charge in [-0.2, -0.15) is 0 Å². The van der Waals surface area contributed by atoms with Crippen LogP contribution in [-0.2, 0) is 9.84 Å². The molecule has 0 spiro atoms. The second-order valence-corrected chi connectivity index (χ2v) is 7.33.